The van der Waals surface area contributed by atoms with Gasteiger partial charge in [0.05, 0.1) is 10.4 Å². The lowest BCUT2D eigenvalue weighted by atomic mass is 10.3. The van der Waals surface area contributed by atoms with Crippen LogP contribution in [0.25, 0.3) is 11.0 Å². The van der Waals surface area contributed by atoms with Crippen molar-refractivity contribution in [2.45, 2.75) is 0 Å². The molecule has 56 valence electrons. The highest BCUT2D eigenvalue weighted by atomic mass is 35.5. The van der Waals surface area contributed by atoms with Gasteiger partial charge in [-0.05, 0) is 12.1 Å². The molecule has 2 aromatic rings. The van der Waals surface area contributed by atoms with E-state index >= 15 is 0 Å². The van der Waals surface area contributed by atoms with Gasteiger partial charge in [-0.1, -0.05) is 34.4 Å². The minimum absolute atomic E-state index is 0.350. The summed E-state index contributed by atoms with van der Waals surface area (Å²) in [5, 5.41) is 5.19. The van der Waals surface area contributed by atoms with Gasteiger partial charge in [0.25, 0.3) is 0 Å². The highest BCUT2D eigenvalue weighted by Crippen LogP contribution is 2.27. The first kappa shape index (κ1) is 6.95. The summed E-state index contributed by atoms with van der Waals surface area (Å²) in [5.74, 6) is 0. The summed E-state index contributed by atoms with van der Waals surface area (Å²) in [6.07, 6.45) is 0. The van der Waals surface area contributed by atoms with E-state index in [0.29, 0.717) is 15.8 Å². The summed E-state index contributed by atoms with van der Waals surface area (Å²) in [5.41, 5.74) is 0.541. The molecule has 0 unspecified atom stereocenters. The first-order valence-electron chi connectivity index (χ1n) is 2.98. The molecule has 0 fully saturated rings. The molecule has 0 aliphatic carbocycles. The Morgan fingerprint density at radius 2 is 2.09 bits per heavy atom. The Morgan fingerprint density at radius 1 is 1.27 bits per heavy atom. The Balaban J connectivity index is 2.94. The number of para-hydroxylation sites is 1. The Hall–Kier alpha value is -0.730. The second-order valence-electron chi connectivity index (χ2n) is 2.09. The normalized spacial score (nSPS) is 10.7. The maximum absolute atomic E-state index is 5.78. The van der Waals surface area contributed by atoms with E-state index < -0.39 is 0 Å². The van der Waals surface area contributed by atoms with Crippen molar-refractivity contribution in [2.75, 3.05) is 0 Å². The predicted molar refractivity (Wildman–Crippen MR) is 44.0 cm³/mol. The van der Waals surface area contributed by atoms with E-state index in [1.807, 2.05) is 0 Å². The van der Waals surface area contributed by atoms with Crippen molar-refractivity contribution < 1.29 is 4.52 Å². The van der Waals surface area contributed by atoms with Crippen LogP contribution in [-0.4, -0.2) is 5.16 Å². The fourth-order valence-corrected chi connectivity index (χ4v) is 1.29. The van der Waals surface area contributed by atoms with Gasteiger partial charge in [-0.2, -0.15) is 0 Å². The number of benzene rings is 1. The van der Waals surface area contributed by atoms with Gasteiger partial charge < -0.3 is 4.52 Å². The maximum atomic E-state index is 5.78. The fraction of sp³-hybridized carbons (Fsp3) is 0. The molecule has 0 radical (unpaired) electrons. The Kier molecular flexibility index (Phi) is 1.51. The number of halogens is 2. The number of hydrogen-bond donors (Lipinski definition) is 0. The first-order valence-corrected chi connectivity index (χ1v) is 3.74. The zero-order chi connectivity index (χ0) is 7.84. The molecular weight excluding hydrogens is 185 g/mol. The van der Waals surface area contributed by atoms with Crippen LogP contribution in [0.5, 0.6) is 0 Å². The topological polar surface area (TPSA) is 26.0 Å². The van der Waals surface area contributed by atoms with Crippen molar-refractivity contribution in [3.63, 3.8) is 0 Å². The molecular formula is C7H3Cl2NO. The monoisotopic (exact) mass is 187 g/mol. The van der Waals surface area contributed by atoms with Gasteiger partial charge in [0.1, 0.15) is 0 Å². The standard InChI is InChI=1S/C7H3Cl2NO/c8-5-3-1-2-4-6(5)11-10-7(4)9/h1-3H. The lowest BCUT2D eigenvalue weighted by molar-refractivity contribution is 0.457. The van der Waals surface area contributed by atoms with Crippen LogP contribution in [0, 0.1) is 0 Å². The van der Waals surface area contributed by atoms with E-state index in [0.717, 1.165) is 5.39 Å². The van der Waals surface area contributed by atoms with Crippen LogP contribution in [0.3, 0.4) is 0 Å². The highest BCUT2D eigenvalue weighted by molar-refractivity contribution is 6.38. The molecule has 0 N–H and O–H groups in total. The van der Waals surface area contributed by atoms with Crippen molar-refractivity contribution in [3.8, 4) is 0 Å². The lowest BCUT2D eigenvalue weighted by Crippen LogP contribution is -1.65. The van der Waals surface area contributed by atoms with E-state index in [1.165, 1.54) is 0 Å². The summed E-state index contributed by atoms with van der Waals surface area (Å²) in [7, 11) is 0. The summed E-state index contributed by atoms with van der Waals surface area (Å²) in [4.78, 5) is 0. The average Bonchev–Trinajstić information content (AvgIpc) is 2.35. The van der Waals surface area contributed by atoms with Gasteiger partial charge in [-0.25, -0.2) is 0 Å². The fourth-order valence-electron chi connectivity index (χ4n) is 0.899. The number of fused-ring (bicyclic) bond motifs is 1. The molecule has 0 saturated carbocycles. The third kappa shape index (κ3) is 0.988. The SMILES string of the molecule is Clc1noc2c(Cl)cccc12. The van der Waals surface area contributed by atoms with E-state index in [2.05, 4.69) is 5.16 Å². The predicted octanol–water partition coefficient (Wildman–Crippen LogP) is 3.13. The Bertz CT molecular complexity index is 396. The van der Waals surface area contributed by atoms with E-state index in [1.54, 1.807) is 18.2 Å². The van der Waals surface area contributed by atoms with Crippen LogP contribution in [0.2, 0.25) is 10.2 Å². The van der Waals surface area contributed by atoms with Gasteiger partial charge >= 0.3 is 0 Å². The summed E-state index contributed by atoms with van der Waals surface area (Å²) in [6, 6.07) is 5.33. The average molecular weight is 188 g/mol. The van der Waals surface area contributed by atoms with Crippen LogP contribution in [0.4, 0.5) is 0 Å². The summed E-state index contributed by atoms with van der Waals surface area (Å²) < 4.78 is 4.87. The second-order valence-corrected chi connectivity index (χ2v) is 2.86. The van der Waals surface area contributed by atoms with E-state index in [-0.39, 0.29) is 0 Å². The van der Waals surface area contributed by atoms with E-state index in [4.69, 9.17) is 27.7 Å². The molecule has 2 nitrogen and oxygen atoms in total. The molecule has 0 aliphatic rings. The molecule has 0 spiro atoms. The molecule has 0 saturated heterocycles. The van der Waals surface area contributed by atoms with Crippen LogP contribution < -0.4 is 0 Å². The quantitative estimate of drug-likeness (QED) is 0.634. The minimum atomic E-state index is 0.350. The molecule has 1 heterocycles. The van der Waals surface area contributed by atoms with Crippen LogP contribution in [0.15, 0.2) is 22.7 Å². The van der Waals surface area contributed by atoms with Gasteiger partial charge in [0.15, 0.2) is 10.7 Å². The lowest BCUT2D eigenvalue weighted by Gasteiger charge is -1.87. The van der Waals surface area contributed by atoms with E-state index in [9.17, 15) is 0 Å². The van der Waals surface area contributed by atoms with Crippen molar-refractivity contribution in [1.29, 1.82) is 0 Å². The third-order valence-corrected chi connectivity index (χ3v) is 1.98. The van der Waals surface area contributed by atoms with Gasteiger partial charge in [-0.15, -0.1) is 0 Å². The molecule has 0 aliphatic heterocycles. The minimum Gasteiger partial charge on any atom is -0.353 e. The van der Waals surface area contributed by atoms with Gasteiger partial charge in [0, 0.05) is 0 Å². The van der Waals surface area contributed by atoms with Crippen LogP contribution >= 0.6 is 23.2 Å². The zero-order valence-electron chi connectivity index (χ0n) is 5.34. The maximum Gasteiger partial charge on any atom is 0.187 e. The first-order chi connectivity index (χ1) is 5.29. The van der Waals surface area contributed by atoms with Crippen LogP contribution in [-0.2, 0) is 0 Å². The highest BCUT2D eigenvalue weighted by Gasteiger charge is 2.07. The van der Waals surface area contributed by atoms with Crippen molar-refractivity contribution in [2.24, 2.45) is 0 Å². The number of rotatable bonds is 0. The molecule has 1 aromatic carbocycles. The van der Waals surface area contributed by atoms with Gasteiger partial charge in [-0.3, -0.25) is 0 Å². The van der Waals surface area contributed by atoms with Crippen molar-refractivity contribution in [3.05, 3.63) is 28.4 Å². The molecule has 0 atom stereocenters. The number of hydrogen-bond acceptors (Lipinski definition) is 2. The van der Waals surface area contributed by atoms with Crippen molar-refractivity contribution in [1.82, 2.24) is 5.16 Å². The molecule has 2 rings (SSSR count). The number of aromatic nitrogens is 1. The molecule has 0 amide bonds. The van der Waals surface area contributed by atoms with Gasteiger partial charge in [0.2, 0.25) is 0 Å². The van der Waals surface area contributed by atoms with Crippen LogP contribution in [0.1, 0.15) is 0 Å². The summed E-state index contributed by atoms with van der Waals surface area (Å²) >= 11 is 11.5. The second kappa shape index (κ2) is 2.40. The third-order valence-electron chi connectivity index (χ3n) is 1.41. The summed E-state index contributed by atoms with van der Waals surface area (Å²) in [6.45, 7) is 0. The zero-order valence-corrected chi connectivity index (χ0v) is 6.86. The Labute approximate surface area is 72.7 Å². The Morgan fingerprint density at radius 3 is 2.82 bits per heavy atom. The smallest absolute Gasteiger partial charge is 0.187 e. The molecule has 0 bridgehead atoms. The van der Waals surface area contributed by atoms with Crippen molar-refractivity contribution >= 4 is 34.2 Å². The molecule has 1 aromatic heterocycles. The number of nitrogens with zero attached hydrogens (tertiary/aromatic N) is 1. The molecule has 11 heavy (non-hydrogen) atoms. The largest absolute Gasteiger partial charge is 0.353 e. The molecule has 4 heteroatoms.